The quantitative estimate of drug-likeness (QED) is 0.389. The molecular formula is C15H24BSi. The molecule has 0 aliphatic rings. The molecule has 0 aromatic rings. The van der Waals surface area contributed by atoms with Crippen molar-refractivity contribution in [2.45, 2.75) is 45.2 Å². The lowest BCUT2D eigenvalue weighted by Crippen LogP contribution is -2.17. The minimum Gasteiger partial charge on any atom is -0.116 e. The Balaban J connectivity index is 4.87. The largest absolute Gasteiger partial charge is 0.172 e. The van der Waals surface area contributed by atoms with Crippen LogP contribution in [0.2, 0.25) is 12.6 Å². The van der Waals surface area contributed by atoms with Crippen molar-refractivity contribution in [3.63, 3.8) is 0 Å². The summed E-state index contributed by atoms with van der Waals surface area (Å²) < 4.78 is 0. The average Bonchev–Trinajstić information content (AvgIpc) is 2.33. The summed E-state index contributed by atoms with van der Waals surface area (Å²) in [6.45, 7) is 14.2. The summed E-state index contributed by atoms with van der Waals surface area (Å²) in [5, 5.41) is 1.33. The third-order valence-corrected chi connectivity index (χ3v) is 3.68. The molecule has 0 saturated carbocycles. The Morgan fingerprint density at radius 1 is 1.12 bits per heavy atom. The van der Waals surface area contributed by atoms with Crippen LogP contribution in [0.4, 0.5) is 0 Å². The Labute approximate surface area is 111 Å². The molecule has 91 valence electrons. The van der Waals surface area contributed by atoms with Crippen LogP contribution in [0.25, 0.3) is 0 Å². The average molecular weight is 243 g/mol. The Bertz CT molecular complexity index is 269. The molecular weight excluding hydrogens is 219 g/mol. The van der Waals surface area contributed by atoms with Gasteiger partial charge in [-0.3, -0.25) is 0 Å². The second-order valence-corrected chi connectivity index (χ2v) is 4.90. The summed E-state index contributed by atoms with van der Waals surface area (Å²) in [6, 6.07) is 0. The van der Waals surface area contributed by atoms with E-state index in [1.807, 2.05) is 18.2 Å². The van der Waals surface area contributed by atoms with Gasteiger partial charge in [0.2, 0.25) is 0 Å². The van der Waals surface area contributed by atoms with Gasteiger partial charge in [-0.15, -0.1) is 24.8 Å². The Morgan fingerprint density at radius 3 is 2.12 bits per heavy atom. The zero-order valence-electron chi connectivity index (χ0n) is 11.2. The maximum absolute atomic E-state index is 3.85. The highest BCUT2D eigenvalue weighted by Gasteiger charge is 2.15. The van der Waals surface area contributed by atoms with Crippen LogP contribution >= 0.6 is 0 Å². The molecule has 0 rings (SSSR count). The van der Waals surface area contributed by atoms with Crippen LogP contribution in [-0.2, 0) is 0 Å². The molecule has 0 aromatic carbocycles. The van der Waals surface area contributed by atoms with Gasteiger partial charge in [0.1, 0.15) is 0 Å². The first-order valence-electron chi connectivity index (χ1n) is 6.47. The summed E-state index contributed by atoms with van der Waals surface area (Å²) in [4.78, 5) is 0. The predicted octanol–water partition coefficient (Wildman–Crippen LogP) is 4.58. The van der Waals surface area contributed by atoms with E-state index in [9.17, 15) is 0 Å². The van der Waals surface area contributed by atoms with Gasteiger partial charge in [0.15, 0.2) is 6.71 Å². The normalized spacial score (nSPS) is 11.6. The smallest absolute Gasteiger partial charge is 0.116 e. The molecule has 0 aliphatic heterocycles. The molecule has 3 radical (unpaired) electrons. The molecule has 0 saturated heterocycles. The van der Waals surface area contributed by atoms with Gasteiger partial charge in [-0.2, -0.15) is 0 Å². The molecule has 0 nitrogen and oxygen atoms in total. The SMILES string of the molecule is C=CCB(CC=C)C([Si])=C(CC=C)CCCC. The highest BCUT2D eigenvalue weighted by molar-refractivity contribution is 6.77. The van der Waals surface area contributed by atoms with E-state index in [0.717, 1.165) is 25.5 Å². The van der Waals surface area contributed by atoms with Gasteiger partial charge < -0.3 is 0 Å². The highest BCUT2D eigenvalue weighted by atomic mass is 28.1. The lowest BCUT2D eigenvalue weighted by molar-refractivity contribution is 0.775. The summed E-state index contributed by atoms with van der Waals surface area (Å²) in [7, 11) is 3.84. The fraction of sp³-hybridized carbons (Fsp3) is 0.467. The van der Waals surface area contributed by atoms with E-state index in [1.54, 1.807) is 0 Å². The zero-order valence-corrected chi connectivity index (χ0v) is 12.2. The lowest BCUT2D eigenvalue weighted by Gasteiger charge is -2.16. The first kappa shape index (κ1) is 16.2. The molecule has 0 amide bonds. The van der Waals surface area contributed by atoms with Crippen molar-refractivity contribution in [1.29, 1.82) is 0 Å². The van der Waals surface area contributed by atoms with E-state index in [0.29, 0.717) is 6.71 Å². The summed E-state index contributed by atoms with van der Waals surface area (Å²) in [6.07, 6.45) is 12.6. The maximum atomic E-state index is 3.85. The van der Waals surface area contributed by atoms with E-state index in [-0.39, 0.29) is 0 Å². The van der Waals surface area contributed by atoms with E-state index < -0.39 is 0 Å². The topological polar surface area (TPSA) is 0 Å². The highest BCUT2D eigenvalue weighted by Crippen LogP contribution is 2.20. The van der Waals surface area contributed by atoms with Gasteiger partial charge in [-0.05, 0) is 19.3 Å². The Kier molecular flexibility index (Phi) is 9.94. The van der Waals surface area contributed by atoms with E-state index >= 15 is 0 Å². The fourth-order valence-corrected chi connectivity index (χ4v) is 2.40. The third kappa shape index (κ3) is 6.52. The van der Waals surface area contributed by atoms with Crippen molar-refractivity contribution in [3.8, 4) is 0 Å². The number of hydrogen-bond donors (Lipinski definition) is 0. The summed E-state index contributed by atoms with van der Waals surface area (Å²) in [5.74, 6) is 0. The van der Waals surface area contributed by atoms with Crippen LogP contribution in [0.15, 0.2) is 48.6 Å². The van der Waals surface area contributed by atoms with Crippen molar-refractivity contribution in [2.75, 3.05) is 0 Å². The molecule has 0 aromatic heterocycles. The molecule has 0 bridgehead atoms. The van der Waals surface area contributed by atoms with Gasteiger partial charge in [0.25, 0.3) is 0 Å². The van der Waals surface area contributed by atoms with Gasteiger partial charge in [-0.25, -0.2) is 0 Å². The number of allylic oxidation sites excluding steroid dienone is 4. The van der Waals surface area contributed by atoms with Gasteiger partial charge in [0.05, 0.1) is 10.2 Å². The van der Waals surface area contributed by atoms with E-state index in [1.165, 1.54) is 23.5 Å². The molecule has 0 heterocycles. The predicted molar refractivity (Wildman–Crippen MR) is 82.9 cm³/mol. The first-order chi connectivity index (χ1) is 8.21. The third-order valence-electron chi connectivity index (χ3n) is 2.91. The Morgan fingerprint density at radius 2 is 1.71 bits per heavy atom. The monoisotopic (exact) mass is 243 g/mol. The van der Waals surface area contributed by atoms with Crippen LogP contribution < -0.4 is 0 Å². The molecule has 0 spiro atoms. The number of unbranched alkanes of at least 4 members (excludes halogenated alkanes) is 1. The fourth-order valence-electron chi connectivity index (χ4n) is 1.93. The van der Waals surface area contributed by atoms with Crippen LogP contribution in [0.5, 0.6) is 0 Å². The van der Waals surface area contributed by atoms with Gasteiger partial charge in [-0.1, -0.05) is 49.8 Å². The second kappa shape index (κ2) is 10.4. The molecule has 2 heteroatoms. The molecule has 0 N–H and O–H groups in total. The van der Waals surface area contributed by atoms with Crippen LogP contribution in [0, 0.1) is 0 Å². The standard InChI is InChI=1S/C15H24BSi/c1-5-9-11-14(10-6-2)15(17)16(12-7-3)13-8-4/h6-8H,2-5,9-13H2,1H3. The molecule has 0 fully saturated rings. The van der Waals surface area contributed by atoms with E-state index in [4.69, 9.17) is 0 Å². The van der Waals surface area contributed by atoms with Crippen LogP contribution in [0.3, 0.4) is 0 Å². The van der Waals surface area contributed by atoms with Crippen molar-refractivity contribution in [3.05, 3.63) is 48.6 Å². The van der Waals surface area contributed by atoms with E-state index in [2.05, 4.69) is 36.9 Å². The van der Waals surface area contributed by atoms with Gasteiger partial charge in [0, 0.05) is 0 Å². The Hall–Kier alpha value is -0.758. The van der Waals surface area contributed by atoms with Crippen LogP contribution in [0.1, 0.15) is 32.6 Å². The molecule has 0 aliphatic carbocycles. The second-order valence-electron chi connectivity index (χ2n) is 4.36. The first-order valence-corrected chi connectivity index (χ1v) is 6.97. The van der Waals surface area contributed by atoms with Crippen molar-refractivity contribution in [1.82, 2.24) is 0 Å². The van der Waals surface area contributed by atoms with Crippen molar-refractivity contribution in [2.24, 2.45) is 0 Å². The maximum Gasteiger partial charge on any atom is 0.172 e. The molecule has 17 heavy (non-hydrogen) atoms. The van der Waals surface area contributed by atoms with Crippen LogP contribution in [-0.4, -0.2) is 17.0 Å². The lowest BCUT2D eigenvalue weighted by atomic mass is 9.44. The molecule has 0 atom stereocenters. The minimum absolute atomic E-state index is 0.494. The number of rotatable bonds is 10. The minimum atomic E-state index is 0.494. The van der Waals surface area contributed by atoms with Crippen molar-refractivity contribution >= 4 is 17.0 Å². The summed E-state index contributed by atoms with van der Waals surface area (Å²) in [5.41, 5.74) is 1.48. The number of hydrogen-bond acceptors (Lipinski definition) is 0. The summed E-state index contributed by atoms with van der Waals surface area (Å²) >= 11 is 0. The van der Waals surface area contributed by atoms with Crippen molar-refractivity contribution < 1.29 is 0 Å². The zero-order chi connectivity index (χ0) is 13.1. The molecule has 0 unspecified atom stereocenters. The van der Waals surface area contributed by atoms with Gasteiger partial charge >= 0.3 is 0 Å².